The number of rotatable bonds is 4. The smallest absolute Gasteiger partial charge is 0.129 e. The van der Waals surface area contributed by atoms with Gasteiger partial charge in [-0.1, -0.05) is 12.5 Å². The number of benzene rings is 1. The van der Waals surface area contributed by atoms with Crippen molar-refractivity contribution in [3.63, 3.8) is 0 Å². The topological polar surface area (TPSA) is 21.3 Å². The lowest BCUT2D eigenvalue weighted by Crippen LogP contribution is -2.35. The predicted molar refractivity (Wildman–Crippen MR) is 66.9 cm³/mol. The third-order valence-corrected chi connectivity index (χ3v) is 3.29. The van der Waals surface area contributed by atoms with Crippen LogP contribution in [0.4, 0.5) is 4.39 Å². The molecule has 2 rings (SSSR count). The molecule has 1 unspecified atom stereocenters. The molecule has 0 saturated carbocycles. The van der Waals surface area contributed by atoms with Gasteiger partial charge in [-0.15, -0.1) is 0 Å². The summed E-state index contributed by atoms with van der Waals surface area (Å²) < 4.78 is 18.8. The van der Waals surface area contributed by atoms with Crippen molar-refractivity contribution in [3.8, 4) is 5.75 Å². The summed E-state index contributed by atoms with van der Waals surface area (Å²) in [4.78, 5) is 0. The predicted octanol–water partition coefficient (Wildman–Crippen LogP) is 3.05. The second kappa shape index (κ2) is 6.01. The van der Waals surface area contributed by atoms with Crippen LogP contribution in [-0.4, -0.2) is 19.2 Å². The van der Waals surface area contributed by atoms with E-state index in [4.69, 9.17) is 4.74 Å². The molecule has 0 amide bonds. The molecule has 0 aromatic heterocycles. The molecule has 1 aromatic carbocycles. The number of ether oxygens (including phenoxy) is 1. The molecule has 1 aliphatic heterocycles. The van der Waals surface area contributed by atoms with Crippen molar-refractivity contribution in [3.05, 3.63) is 29.6 Å². The summed E-state index contributed by atoms with van der Waals surface area (Å²) in [5.74, 6) is 0.433. The number of aryl methyl sites for hydroxylation is 1. The summed E-state index contributed by atoms with van der Waals surface area (Å²) in [6.45, 7) is 3.52. The van der Waals surface area contributed by atoms with Crippen LogP contribution in [0.15, 0.2) is 18.2 Å². The summed E-state index contributed by atoms with van der Waals surface area (Å²) in [6, 6.07) is 5.61. The molecular formula is C14H20FNO. The Labute approximate surface area is 102 Å². The van der Waals surface area contributed by atoms with E-state index in [1.165, 1.54) is 25.3 Å². The summed E-state index contributed by atoms with van der Waals surface area (Å²) in [5, 5.41) is 3.47. The van der Waals surface area contributed by atoms with Crippen LogP contribution in [0.25, 0.3) is 0 Å². The second-order valence-corrected chi connectivity index (χ2v) is 4.69. The lowest BCUT2D eigenvalue weighted by Gasteiger charge is -2.23. The molecule has 94 valence electrons. The third kappa shape index (κ3) is 3.70. The van der Waals surface area contributed by atoms with Gasteiger partial charge >= 0.3 is 0 Å². The van der Waals surface area contributed by atoms with Crippen molar-refractivity contribution < 1.29 is 9.13 Å². The maximum Gasteiger partial charge on any atom is 0.129 e. The number of hydrogen-bond acceptors (Lipinski definition) is 2. The molecule has 0 aliphatic carbocycles. The van der Waals surface area contributed by atoms with Gasteiger partial charge < -0.3 is 10.1 Å². The highest BCUT2D eigenvalue weighted by molar-refractivity contribution is 5.27. The Kier molecular flexibility index (Phi) is 4.37. The monoisotopic (exact) mass is 237 g/mol. The minimum atomic E-state index is -0.196. The van der Waals surface area contributed by atoms with Crippen LogP contribution in [0.5, 0.6) is 5.75 Å². The summed E-state index contributed by atoms with van der Waals surface area (Å²) in [6.07, 6.45) is 4.80. The van der Waals surface area contributed by atoms with Crippen LogP contribution in [0.1, 0.15) is 31.2 Å². The molecule has 1 N–H and O–H groups in total. The molecule has 17 heavy (non-hydrogen) atoms. The Morgan fingerprint density at radius 3 is 3.00 bits per heavy atom. The largest absolute Gasteiger partial charge is 0.493 e. The highest BCUT2D eigenvalue weighted by Crippen LogP contribution is 2.17. The van der Waals surface area contributed by atoms with Crippen molar-refractivity contribution in [2.24, 2.45) is 0 Å². The SMILES string of the molecule is Cc1ccc(OCCC2CCCCN2)cc1F. The van der Waals surface area contributed by atoms with Gasteiger partial charge in [0.05, 0.1) is 6.61 Å². The average Bonchev–Trinajstić information content (AvgIpc) is 2.35. The number of nitrogens with one attached hydrogen (secondary N) is 1. The Morgan fingerprint density at radius 1 is 1.41 bits per heavy atom. The van der Waals surface area contributed by atoms with Gasteiger partial charge in [-0.05, 0) is 44.4 Å². The van der Waals surface area contributed by atoms with E-state index in [-0.39, 0.29) is 5.82 Å². The van der Waals surface area contributed by atoms with Crippen molar-refractivity contribution in [1.29, 1.82) is 0 Å². The fourth-order valence-corrected chi connectivity index (χ4v) is 2.15. The van der Waals surface area contributed by atoms with Gasteiger partial charge in [0.2, 0.25) is 0 Å². The van der Waals surface area contributed by atoms with Crippen LogP contribution in [0.3, 0.4) is 0 Å². The maximum absolute atomic E-state index is 13.3. The van der Waals surface area contributed by atoms with Gasteiger partial charge in [0.15, 0.2) is 0 Å². The van der Waals surface area contributed by atoms with Crippen molar-refractivity contribution in [1.82, 2.24) is 5.32 Å². The number of piperidine rings is 1. The first-order chi connectivity index (χ1) is 8.25. The standard InChI is InChI=1S/C14H20FNO/c1-11-5-6-13(10-14(11)15)17-9-7-12-4-2-3-8-16-12/h5-6,10,12,16H,2-4,7-9H2,1H3. The number of hydrogen-bond donors (Lipinski definition) is 1. The van der Waals surface area contributed by atoms with Gasteiger partial charge in [0.25, 0.3) is 0 Å². The summed E-state index contributed by atoms with van der Waals surface area (Å²) in [5.41, 5.74) is 0.659. The van der Waals surface area contributed by atoms with E-state index in [9.17, 15) is 4.39 Å². The minimum Gasteiger partial charge on any atom is -0.493 e. The van der Waals surface area contributed by atoms with Gasteiger partial charge in [-0.3, -0.25) is 0 Å². The molecule has 0 bridgehead atoms. The molecular weight excluding hydrogens is 217 g/mol. The van der Waals surface area contributed by atoms with Crippen LogP contribution in [-0.2, 0) is 0 Å². The van der Waals surface area contributed by atoms with Crippen molar-refractivity contribution >= 4 is 0 Å². The lowest BCUT2D eigenvalue weighted by molar-refractivity contribution is 0.267. The van der Waals surface area contributed by atoms with Crippen molar-refractivity contribution in [2.45, 2.75) is 38.6 Å². The van der Waals surface area contributed by atoms with E-state index in [0.29, 0.717) is 24.0 Å². The van der Waals surface area contributed by atoms with Gasteiger partial charge in [0.1, 0.15) is 11.6 Å². The van der Waals surface area contributed by atoms with Crippen LogP contribution >= 0.6 is 0 Å². The molecule has 0 radical (unpaired) electrons. The molecule has 1 fully saturated rings. The number of halogens is 1. The molecule has 1 saturated heterocycles. The molecule has 1 aliphatic rings. The van der Waals surface area contributed by atoms with E-state index in [1.807, 2.05) is 6.07 Å². The molecule has 0 spiro atoms. The van der Waals surface area contributed by atoms with E-state index >= 15 is 0 Å². The normalized spacial score (nSPS) is 20.2. The molecule has 1 heterocycles. The zero-order chi connectivity index (χ0) is 12.1. The van der Waals surface area contributed by atoms with Crippen LogP contribution in [0.2, 0.25) is 0 Å². The minimum absolute atomic E-state index is 0.196. The Balaban J connectivity index is 1.75. The zero-order valence-corrected chi connectivity index (χ0v) is 10.3. The fraction of sp³-hybridized carbons (Fsp3) is 0.571. The van der Waals surface area contributed by atoms with E-state index in [1.54, 1.807) is 13.0 Å². The first kappa shape index (κ1) is 12.4. The molecule has 3 heteroatoms. The highest BCUT2D eigenvalue weighted by Gasteiger charge is 2.12. The second-order valence-electron chi connectivity index (χ2n) is 4.69. The first-order valence-corrected chi connectivity index (χ1v) is 6.38. The van der Waals surface area contributed by atoms with E-state index < -0.39 is 0 Å². The fourth-order valence-electron chi connectivity index (χ4n) is 2.15. The van der Waals surface area contributed by atoms with Gasteiger partial charge in [-0.2, -0.15) is 0 Å². The molecule has 2 nitrogen and oxygen atoms in total. The van der Waals surface area contributed by atoms with Gasteiger partial charge in [-0.25, -0.2) is 4.39 Å². The van der Waals surface area contributed by atoms with Crippen molar-refractivity contribution in [2.75, 3.05) is 13.2 Å². The Bertz CT molecular complexity index is 361. The lowest BCUT2D eigenvalue weighted by atomic mass is 10.0. The van der Waals surface area contributed by atoms with Gasteiger partial charge in [0, 0.05) is 12.1 Å². The molecule has 1 aromatic rings. The quantitative estimate of drug-likeness (QED) is 0.869. The summed E-state index contributed by atoms with van der Waals surface area (Å²) >= 11 is 0. The zero-order valence-electron chi connectivity index (χ0n) is 10.3. The summed E-state index contributed by atoms with van der Waals surface area (Å²) in [7, 11) is 0. The third-order valence-electron chi connectivity index (χ3n) is 3.29. The molecule has 1 atom stereocenters. The average molecular weight is 237 g/mol. The maximum atomic E-state index is 13.3. The first-order valence-electron chi connectivity index (χ1n) is 6.38. The van der Waals surface area contributed by atoms with E-state index in [0.717, 1.165) is 13.0 Å². The Hall–Kier alpha value is -1.09. The van der Waals surface area contributed by atoms with E-state index in [2.05, 4.69) is 5.32 Å². The van der Waals surface area contributed by atoms with Crippen LogP contribution in [0, 0.1) is 12.7 Å². The Morgan fingerprint density at radius 2 is 2.29 bits per heavy atom. The van der Waals surface area contributed by atoms with Crippen LogP contribution < -0.4 is 10.1 Å². The highest BCUT2D eigenvalue weighted by atomic mass is 19.1.